The van der Waals surface area contributed by atoms with Crippen LogP contribution in [0, 0.1) is 5.82 Å². The average Bonchev–Trinajstić information content (AvgIpc) is 2.63. The van der Waals surface area contributed by atoms with Crippen LogP contribution in [0.25, 0.3) is 0 Å². The largest absolute Gasteiger partial charge is 0.495 e. The van der Waals surface area contributed by atoms with E-state index in [4.69, 9.17) is 10.5 Å². The van der Waals surface area contributed by atoms with Crippen molar-refractivity contribution in [1.82, 2.24) is 4.90 Å². The number of hydrogen-bond acceptors (Lipinski definition) is 5. The fraction of sp³-hybridized carbons (Fsp3) is 0.316. The van der Waals surface area contributed by atoms with Crippen LogP contribution in [-0.4, -0.2) is 50.6 Å². The van der Waals surface area contributed by atoms with E-state index in [0.717, 1.165) is 31.9 Å². The number of rotatable bonds is 5. The van der Waals surface area contributed by atoms with Crippen molar-refractivity contribution in [3.05, 3.63) is 48.3 Å². The van der Waals surface area contributed by atoms with Crippen LogP contribution in [0.3, 0.4) is 0 Å². The van der Waals surface area contributed by atoms with Crippen LogP contribution in [0.5, 0.6) is 5.75 Å². The molecule has 3 N–H and O–H groups in total. The van der Waals surface area contributed by atoms with E-state index in [1.807, 2.05) is 0 Å². The Hall–Kier alpha value is -2.80. The zero-order valence-electron chi connectivity index (χ0n) is 14.7. The number of nitrogens with one attached hydrogen (secondary N) is 1. The first-order valence-corrected chi connectivity index (χ1v) is 8.51. The Morgan fingerprint density at radius 1 is 1.15 bits per heavy atom. The predicted molar refractivity (Wildman–Crippen MR) is 101 cm³/mol. The molecule has 3 rings (SSSR count). The summed E-state index contributed by atoms with van der Waals surface area (Å²) in [5.41, 5.74) is 7.91. The van der Waals surface area contributed by atoms with Gasteiger partial charge in [-0.25, -0.2) is 4.39 Å². The number of amides is 1. The number of anilines is 3. The van der Waals surface area contributed by atoms with Gasteiger partial charge >= 0.3 is 0 Å². The molecule has 1 heterocycles. The number of piperazine rings is 1. The van der Waals surface area contributed by atoms with Gasteiger partial charge in [0.1, 0.15) is 11.6 Å². The maximum Gasteiger partial charge on any atom is 0.238 e. The molecule has 2 aromatic carbocycles. The molecule has 138 valence electrons. The Kier molecular flexibility index (Phi) is 5.58. The molecular formula is C19H23FN4O2. The van der Waals surface area contributed by atoms with E-state index in [1.165, 1.54) is 12.1 Å². The Morgan fingerprint density at radius 2 is 1.85 bits per heavy atom. The first-order valence-electron chi connectivity index (χ1n) is 8.51. The van der Waals surface area contributed by atoms with Gasteiger partial charge in [-0.2, -0.15) is 0 Å². The second-order valence-corrected chi connectivity index (χ2v) is 6.25. The molecule has 0 radical (unpaired) electrons. The van der Waals surface area contributed by atoms with E-state index < -0.39 is 0 Å². The number of nitrogens with zero attached hydrogens (tertiary/aromatic N) is 2. The summed E-state index contributed by atoms with van der Waals surface area (Å²) < 4.78 is 18.3. The lowest BCUT2D eigenvalue weighted by atomic mass is 10.2. The van der Waals surface area contributed by atoms with E-state index in [2.05, 4.69) is 15.1 Å². The van der Waals surface area contributed by atoms with Gasteiger partial charge in [0.05, 0.1) is 19.3 Å². The number of methoxy groups -OCH3 is 1. The van der Waals surface area contributed by atoms with E-state index in [0.29, 0.717) is 23.7 Å². The van der Waals surface area contributed by atoms with Gasteiger partial charge in [-0.1, -0.05) is 0 Å². The van der Waals surface area contributed by atoms with Crippen molar-refractivity contribution in [2.45, 2.75) is 0 Å². The quantitative estimate of drug-likeness (QED) is 0.802. The Morgan fingerprint density at radius 3 is 2.50 bits per heavy atom. The number of ether oxygens (including phenoxy) is 1. The monoisotopic (exact) mass is 358 g/mol. The first-order chi connectivity index (χ1) is 12.5. The highest BCUT2D eigenvalue weighted by Crippen LogP contribution is 2.26. The molecule has 0 saturated carbocycles. The molecule has 26 heavy (non-hydrogen) atoms. The minimum absolute atomic E-state index is 0.107. The van der Waals surface area contributed by atoms with Crippen molar-refractivity contribution in [3.63, 3.8) is 0 Å². The number of halogens is 1. The fourth-order valence-electron chi connectivity index (χ4n) is 3.03. The number of nitrogens with two attached hydrogens (primary N) is 1. The minimum atomic E-state index is -0.235. The molecule has 1 amide bonds. The molecule has 7 heteroatoms. The van der Waals surface area contributed by atoms with Crippen LogP contribution in [0.1, 0.15) is 0 Å². The maximum absolute atomic E-state index is 13.0. The molecule has 1 saturated heterocycles. The average molecular weight is 358 g/mol. The zero-order valence-corrected chi connectivity index (χ0v) is 14.7. The molecule has 0 bridgehead atoms. The third kappa shape index (κ3) is 4.43. The molecular weight excluding hydrogens is 335 g/mol. The van der Waals surface area contributed by atoms with E-state index in [-0.39, 0.29) is 11.7 Å². The molecule has 2 aromatic rings. The third-order valence-electron chi connectivity index (χ3n) is 4.43. The van der Waals surface area contributed by atoms with E-state index in [1.54, 1.807) is 37.4 Å². The summed E-state index contributed by atoms with van der Waals surface area (Å²) in [4.78, 5) is 16.6. The molecule has 6 nitrogen and oxygen atoms in total. The lowest BCUT2D eigenvalue weighted by Crippen LogP contribution is -2.48. The van der Waals surface area contributed by atoms with Gasteiger partial charge in [-0.15, -0.1) is 0 Å². The van der Waals surface area contributed by atoms with Crippen molar-refractivity contribution < 1.29 is 13.9 Å². The fourth-order valence-corrected chi connectivity index (χ4v) is 3.03. The Balaban J connectivity index is 1.52. The molecule has 1 aliphatic rings. The normalized spacial score (nSPS) is 14.9. The summed E-state index contributed by atoms with van der Waals surface area (Å²) in [6.07, 6.45) is 0. The molecule has 0 atom stereocenters. The van der Waals surface area contributed by atoms with Crippen molar-refractivity contribution in [2.24, 2.45) is 0 Å². The van der Waals surface area contributed by atoms with Crippen molar-refractivity contribution in [3.8, 4) is 5.75 Å². The summed E-state index contributed by atoms with van der Waals surface area (Å²) in [5.74, 6) is 0.235. The molecule has 0 aromatic heterocycles. The number of benzene rings is 2. The van der Waals surface area contributed by atoms with Crippen LogP contribution in [0.4, 0.5) is 21.5 Å². The SMILES string of the molecule is COc1ccc(N)cc1NC(=O)CN1CCN(c2ccc(F)cc2)CC1. The minimum Gasteiger partial charge on any atom is -0.495 e. The molecule has 1 fully saturated rings. The van der Waals surface area contributed by atoms with Gasteiger partial charge in [0.2, 0.25) is 5.91 Å². The van der Waals surface area contributed by atoms with Crippen molar-refractivity contribution >= 4 is 23.0 Å². The second kappa shape index (κ2) is 8.05. The lowest BCUT2D eigenvalue weighted by molar-refractivity contribution is -0.117. The van der Waals surface area contributed by atoms with Gasteiger partial charge in [0.15, 0.2) is 0 Å². The summed E-state index contributed by atoms with van der Waals surface area (Å²) in [5, 5.41) is 2.86. The topological polar surface area (TPSA) is 70.8 Å². The number of hydrogen-bond donors (Lipinski definition) is 2. The summed E-state index contributed by atoms with van der Waals surface area (Å²) >= 11 is 0. The predicted octanol–water partition coefficient (Wildman–Crippen LogP) is 2.18. The Bertz CT molecular complexity index is 759. The van der Waals surface area contributed by atoms with E-state index in [9.17, 15) is 9.18 Å². The lowest BCUT2D eigenvalue weighted by Gasteiger charge is -2.35. The molecule has 0 spiro atoms. The first kappa shape index (κ1) is 18.0. The highest BCUT2D eigenvalue weighted by atomic mass is 19.1. The van der Waals surface area contributed by atoms with Gasteiger partial charge < -0.3 is 20.7 Å². The highest BCUT2D eigenvalue weighted by molar-refractivity contribution is 5.94. The number of carbonyl (C=O) groups is 1. The second-order valence-electron chi connectivity index (χ2n) is 6.25. The zero-order chi connectivity index (χ0) is 18.5. The van der Waals surface area contributed by atoms with Gasteiger partial charge in [0, 0.05) is 37.6 Å². The van der Waals surface area contributed by atoms with Gasteiger partial charge in [-0.3, -0.25) is 9.69 Å². The van der Waals surface area contributed by atoms with Crippen LogP contribution in [-0.2, 0) is 4.79 Å². The molecule has 0 aliphatic carbocycles. The van der Waals surface area contributed by atoms with Crippen LogP contribution in [0.15, 0.2) is 42.5 Å². The smallest absolute Gasteiger partial charge is 0.238 e. The number of carbonyl (C=O) groups excluding carboxylic acids is 1. The van der Waals surface area contributed by atoms with Crippen molar-refractivity contribution in [1.29, 1.82) is 0 Å². The van der Waals surface area contributed by atoms with Crippen molar-refractivity contribution in [2.75, 3.05) is 55.8 Å². The standard InChI is InChI=1S/C19H23FN4O2/c1-26-18-7-4-15(21)12-17(18)22-19(25)13-23-8-10-24(11-9-23)16-5-2-14(20)3-6-16/h2-7,12H,8-11,13,21H2,1H3,(H,22,25). The van der Waals surface area contributed by atoms with E-state index >= 15 is 0 Å². The Labute approximate surface area is 152 Å². The van der Waals surface area contributed by atoms with Gasteiger partial charge in [-0.05, 0) is 42.5 Å². The van der Waals surface area contributed by atoms with Gasteiger partial charge in [0.25, 0.3) is 0 Å². The molecule has 0 unspecified atom stereocenters. The summed E-state index contributed by atoms with van der Waals surface area (Å²) in [6.45, 7) is 3.41. The summed E-state index contributed by atoms with van der Waals surface area (Å²) in [7, 11) is 1.55. The van der Waals surface area contributed by atoms with Crippen LogP contribution < -0.4 is 20.7 Å². The number of nitrogen functional groups attached to an aromatic ring is 1. The van der Waals surface area contributed by atoms with Crippen LogP contribution in [0.2, 0.25) is 0 Å². The maximum atomic E-state index is 13.0. The summed E-state index contributed by atoms with van der Waals surface area (Å²) in [6, 6.07) is 11.6. The highest BCUT2D eigenvalue weighted by Gasteiger charge is 2.20. The molecule has 1 aliphatic heterocycles. The van der Waals surface area contributed by atoms with Crippen LogP contribution >= 0.6 is 0 Å². The third-order valence-corrected chi connectivity index (χ3v) is 4.43.